The Labute approximate surface area is 107 Å². The highest BCUT2D eigenvalue weighted by atomic mass is 16.7. The van der Waals surface area contributed by atoms with Crippen LogP contribution in [0.4, 0.5) is 0 Å². The van der Waals surface area contributed by atoms with E-state index in [1.165, 1.54) is 6.92 Å². The Balaban J connectivity index is 4.68. The van der Waals surface area contributed by atoms with Gasteiger partial charge in [-0.05, 0) is 19.3 Å². The van der Waals surface area contributed by atoms with Gasteiger partial charge in [-0.25, -0.2) is 4.79 Å². The van der Waals surface area contributed by atoms with E-state index in [1.54, 1.807) is 6.92 Å². The fourth-order valence-corrected chi connectivity index (χ4v) is 1.58. The highest BCUT2D eigenvalue weighted by Gasteiger charge is 2.38. The van der Waals surface area contributed by atoms with Gasteiger partial charge in [-0.3, -0.25) is 0 Å². The summed E-state index contributed by atoms with van der Waals surface area (Å²) in [6.45, 7) is 5.48. The van der Waals surface area contributed by atoms with Gasteiger partial charge in [-0.2, -0.15) is 0 Å². The van der Waals surface area contributed by atoms with Crippen molar-refractivity contribution in [3.63, 3.8) is 0 Å². The SMILES string of the molecule is C=CC(=O)OC(C)OC(CO)(CO)C(C)CCO. The van der Waals surface area contributed by atoms with Crippen LogP contribution in [-0.4, -0.2) is 53.0 Å². The Bertz CT molecular complexity index is 261. The fourth-order valence-electron chi connectivity index (χ4n) is 1.58. The maximum atomic E-state index is 11.0. The first-order valence-corrected chi connectivity index (χ1v) is 5.79. The smallest absolute Gasteiger partial charge is 0.332 e. The molecule has 0 fully saturated rings. The highest BCUT2D eigenvalue weighted by molar-refractivity contribution is 5.81. The van der Waals surface area contributed by atoms with Crippen molar-refractivity contribution in [1.29, 1.82) is 0 Å². The number of hydrogen-bond acceptors (Lipinski definition) is 6. The van der Waals surface area contributed by atoms with Gasteiger partial charge in [0.2, 0.25) is 6.29 Å². The monoisotopic (exact) mass is 262 g/mol. The lowest BCUT2D eigenvalue weighted by Crippen LogP contribution is -2.49. The second-order valence-electron chi connectivity index (χ2n) is 4.12. The van der Waals surface area contributed by atoms with Crippen molar-refractivity contribution in [3.8, 4) is 0 Å². The molecule has 0 radical (unpaired) electrons. The predicted molar refractivity (Wildman–Crippen MR) is 64.6 cm³/mol. The first-order valence-electron chi connectivity index (χ1n) is 5.79. The average Bonchev–Trinajstić information content (AvgIpc) is 2.36. The van der Waals surface area contributed by atoms with E-state index in [2.05, 4.69) is 6.58 Å². The molecular weight excluding hydrogens is 240 g/mol. The predicted octanol–water partition coefficient (Wildman–Crippen LogP) is -0.180. The summed E-state index contributed by atoms with van der Waals surface area (Å²) in [4.78, 5) is 11.0. The Morgan fingerprint density at radius 1 is 1.33 bits per heavy atom. The van der Waals surface area contributed by atoms with Crippen LogP contribution in [0.25, 0.3) is 0 Å². The minimum atomic E-state index is -1.26. The first-order chi connectivity index (χ1) is 8.45. The molecule has 0 aliphatic rings. The maximum Gasteiger partial charge on any atom is 0.332 e. The Hall–Kier alpha value is -0.950. The van der Waals surface area contributed by atoms with Gasteiger partial charge >= 0.3 is 5.97 Å². The lowest BCUT2D eigenvalue weighted by atomic mass is 9.87. The van der Waals surface area contributed by atoms with E-state index in [9.17, 15) is 15.0 Å². The van der Waals surface area contributed by atoms with Gasteiger partial charge in [0.1, 0.15) is 5.60 Å². The summed E-state index contributed by atoms with van der Waals surface area (Å²) in [7, 11) is 0. The highest BCUT2D eigenvalue weighted by Crippen LogP contribution is 2.26. The largest absolute Gasteiger partial charge is 0.433 e. The topological polar surface area (TPSA) is 96.2 Å². The summed E-state index contributed by atoms with van der Waals surface area (Å²) < 4.78 is 10.2. The second kappa shape index (κ2) is 8.20. The molecule has 2 atom stereocenters. The van der Waals surface area contributed by atoms with E-state index in [0.717, 1.165) is 6.08 Å². The van der Waals surface area contributed by atoms with Crippen LogP contribution in [0.2, 0.25) is 0 Å². The number of esters is 1. The van der Waals surface area contributed by atoms with Crippen LogP contribution in [0.15, 0.2) is 12.7 Å². The molecule has 0 saturated heterocycles. The van der Waals surface area contributed by atoms with Crippen molar-refractivity contribution in [2.24, 2.45) is 5.92 Å². The van der Waals surface area contributed by atoms with Crippen molar-refractivity contribution in [1.82, 2.24) is 0 Å². The van der Waals surface area contributed by atoms with Crippen molar-refractivity contribution in [2.75, 3.05) is 19.8 Å². The van der Waals surface area contributed by atoms with Crippen LogP contribution in [0.3, 0.4) is 0 Å². The third-order valence-electron chi connectivity index (χ3n) is 2.84. The molecular formula is C12H22O6. The summed E-state index contributed by atoms with van der Waals surface area (Å²) in [5, 5.41) is 27.7. The van der Waals surface area contributed by atoms with Crippen LogP contribution in [0.1, 0.15) is 20.3 Å². The quantitative estimate of drug-likeness (QED) is 0.303. The molecule has 106 valence electrons. The molecule has 0 saturated carbocycles. The van der Waals surface area contributed by atoms with Gasteiger partial charge in [-0.1, -0.05) is 13.5 Å². The minimum Gasteiger partial charge on any atom is -0.433 e. The number of rotatable bonds is 9. The van der Waals surface area contributed by atoms with Crippen molar-refractivity contribution < 1.29 is 29.6 Å². The van der Waals surface area contributed by atoms with Crippen LogP contribution < -0.4 is 0 Å². The number of carbonyl (C=O) groups excluding carboxylic acids is 1. The molecule has 0 aliphatic heterocycles. The number of ether oxygens (including phenoxy) is 2. The van der Waals surface area contributed by atoms with Crippen molar-refractivity contribution in [2.45, 2.75) is 32.2 Å². The van der Waals surface area contributed by atoms with Gasteiger partial charge in [-0.15, -0.1) is 0 Å². The van der Waals surface area contributed by atoms with E-state index in [0.29, 0.717) is 6.42 Å². The standard InChI is InChI=1S/C12H22O6/c1-4-11(16)17-10(3)18-12(7-14,8-15)9(2)5-6-13/h4,9-10,13-15H,1,5-8H2,2-3H3. The lowest BCUT2D eigenvalue weighted by molar-refractivity contribution is -0.236. The van der Waals surface area contributed by atoms with Gasteiger partial charge in [0.25, 0.3) is 0 Å². The zero-order valence-electron chi connectivity index (χ0n) is 10.8. The summed E-state index contributed by atoms with van der Waals surface area (Å²) in [6, 6.07) is 0. The van der Waals surface area contributed by atoms with Crippen LogP contribution in [-0.2, 0) is 14.3 Å². The molecule has 3 N–H and O–H groups in total. The van der Waals surface area contributed by atoms with Crippen molar-refractivity contribution in [3.05, 3.63) is 12.7 Å². The summed E-state index contributed by atoms with van der Waals surface area (Å²) in [6.07, 6.45) is 0.413. The summed E-state index contributed by atoms with van der Waals surface area (Å²) >= 11 is 0. The van der Waals surface area contributed by atoms with E-state index in [1.807, 2.05) is 0 Å². The molecule has 6 nitrogen and oxygen atoms in total. The molecule has 0 rings (SSSR count). The van der Waals surface area contributed by atoms with Gasteiger partial charge in [0, 0.05) is 12.7 Å². The van der Waals surface area contributed by atoms with E-state index >= 15 is 0 Å². The Morgan fingerprint density at radius 2 is 1.89 bits per heavy atom. The fraction of sp³-hybridized carbons (Fsp3) is 0.750. The van der Waals surface area contributed by atoms with E-state index < -0.39 is 31.1 Å². The molecule has 0 aromatic heterocycles. The molecule has 0 amide bonds. The zero-order chi connectivity index (χ0) is 14.2. The first kappa shape index (κ1) is 17.1. The molecule has 0 spiro atoms. The molecule has 18 heavy (non-hydrogen) atoms. The third-order valence-corrected chi connectivity index (χ3v) is 2.84. The number of aliphatic hydroxyl groups is 3. The molecule has 6 heteroatoms. The molecule has 0 heterocycles. The zero-order valence-corrected chi connectivity index (χ0v) is 10.8. The number of hydrogen-bond donors (Lipinski definition) is 3. The maximum absolute atomic E-state index is 11.0. The molecule has 0 aliphatic carbocycles. The lowest BCUT2D eigenvalue weighted by Gasteiger charge is -2.37. The molecule has 2 unspecified atom stereocenters. The summed E-state index contributed by atoms with van der Waals surface area (Å²) in [5.74, 6) is -0.954. The molecule has 0 bridgehead atoms. The van der Waals surface area contributed by atoms with Gasteiger partial charge in [0.05, 0.1) is 13.2 Å². The Kier molecular flexibility index (Phi) is 7.77. The third kappa shape index (κ3) is 4.73. The minimum absolute atomic E-state index is 0.0902. The number of aliphatic hydroxyl groups excluding tert-OH is 3. The van der Waals surface area contributed by atoms with Crippen LogP contribution in [0, 0.1) is 5.92 Å². The van der Waals surface area contributed by atoms with Crippen molar-refractivity contribution >= 4 is 5.97 Å². The second-order valence-corrected chi connectivity index (χ2v) is 4.12. The normalized spacial score (nSPS) is 14.9. The van der Waals surface area contributed by atoms with Gasteiger partial charge in [0.15, 0.2) is 0 Å². The Morgan fingerprint density at radius 3 is 2.28 bits per heavy atom. The van der Waals surface area contributed by atoms with E-state index in [-0.39, 0.29) is 12.5 Å². The number of carbonyl (C=O) groups is 1. The van der Waals surface area contributed by atoms with Crippen LogP contribution in [0.5, 0.6) is 0 Å². The average molecular weight is 262 g/mol. The summed E-state index contributed by atoms with van der Waals surface area (Å²) in [5.41, 5.74) is -1.26. The molecule has 0 aromatic carbocycles. The molecule has 0 aromatic rings. The van der Waals surface area contributed by atoms with E-state index in [4.69, 9.17) is 14.6 Å². The van der Waals surface area contributed by atoms with Crippen LogP contribution >= 0.6 is 0 Å². The van der Waals surface area contributed by atoms with Gasteiger partial charge < -0.3 is 24.8 Å².